The molecule has 0 atom stereocenters. The Balaban J connectivity index is 2.40. The van der Waals surface area contributed by atoms with Crippen LogP contribution >= 0.6 is 11.6 Å². The van der Waals surface area contributed by atoms with Gasteiger partial charge in [0.25, 0.3) is 10.0 Å². The fourth-order valence-electron chi connectivity index (χ4n) is 1.42. The van der Waals surface area contributed by atoms with E-state index < -0.39 is 32.3 Å². The number of anilines is 1. The Morgan fingerprint density at radius 3 is 2.62 bits per heavy atom. The van der Waals surface area contributed by atoms with Crippen LogP contribution in [0.5, 0.6) is 0 Å². The topological polar surface area (TPSA) is 109 Å². The maximum atomic E-state index is 13.3. The summed E-state index contributed by atoms with van der Waals surface area (Å²) in [5, 5.41) is 8.81. The van der Waals surface area contributed by atoms with E-state index in [0.29, 0.717) is 6.07 Å². The first-order chi connectivity index (χ1) is 9.79. The summed E-state index contributed by atoms with van der Waals surface area (Å²) >= 11 is 5.59. The van der Waals surface area contributed by atoms with E-state index in [1.165, 1.54) is 6.07 Å². The second kappa shape index (κ2) is 5.62. The first-order valence-electron chi connectivity index (χ1n) is 5.33. The number of benzene rings is 1. The van der Waals surface area contributed by atoms with Crippen molar-refractivity contribution >= 4 is 33.4 Å². The molecule has 2 aromatic rings. The predicted octanol–water partition coefficient (Wildman–Crippen LogP) is 1.77. The molecule has 7 nitrogen and oxygen atoms in total. The minimum Gasteiger partial charge on any atom is -0.478 e. The number of carboxylic acid groups (broad SMARTS) is 1. The van der Waals surface area contributed by atoms with Crippen LogP contribution in [0.4, 0.5) is 10.2 Å². The highest BCUT2D eigenvalue weighted by molar-refractivity contribution is 7.92. The Bertz CT molecular complexity index is 813. The molecule has 0 aliphatic rings. The molecule has 0 amide bonds. The average Bonchev–Trinajstić information content (AvgIpc) is 2.38. The van der Waals surface area contributed by atoms with Gasteiger partial charge in [0.05, 0.1) is 10.5 Å². The van der Waals surface area contributed by atoms with Crippen molar-refractivity contribution in [2.24, 2.45) is 0 Å². The molecule has 0 bridgehead atoms. The van der Waals surface area contributed by atoms with Gasteiger partial charge in [-0.1, -0.05) is 11.6 Å². The summed E-state index contributed by atoms with van der Waals surface area (Å²) in [7, 11) is -4.13. The largest absolute Gasteiger partial charge is 0.478 e. The number of rotatable bonds is 4. The molecule has 0 radical (unpaired) electrons. The lowest BCUT2D eigenvalue weighted by molar-refractivity contribution is 0.0691. The summed E-state index contributed by atoms with van der Waals surface area (Å²) in [4.78, 5) is 17.6. The van der Waals surface area contributed by atoms with Crippen molar-refractivity contribution in [3.8, 4) is 0 Å². The maximum Gasteiger partial charge on any atom is 0.338 e. The van der Waals surface area contributed by atoms with E-state index in [4.69, 9.17) is 16.7 Å². The molecule has 1 heterocycles. The summed E-state index contributed by atoms with van der Waals surface area (Å²) < 4.78 is 39.5. The van der Waals surface area contributed by atoms with Crippen LogP contribution in [-0.4, -0.2) is 29.5 Å². The van der Waals surface area contributed by atoms with Crippen molar-refractivity contribution in [1.82, 2.24) is 9.97 Å². The van der Waals surface area contributed by atoms with Gasteiger partial charge in [-0.15, -0.1) is 0 Å². The van der Waals surface area contributed by atoms with Gasteiger partial charge < -0.3 is 5.11 Å². The smallest absolute Gasteiger partial charge is 0.338 e. The van der Waals surface area contributed by atoms with E-state index >= 15 is 0 Å². The van der Waals surface area contributed by atoms with Crippen molar-refractivity contribution in [3.63, 3.8) is 0 Å². The molecular formula is C11H7ClFN3O4S. The molecule has 0 saturated carbocycles. The summed E-state index contributed by atoms with van der Waals surface area (Å²) in [6.07, 6.45) is 1.05. The second-order valence-electron chi connectivity index (χ2n) is 3.78. The number of nitrogens with one attached hydrogen (secondary N) is 1. The second-order valence-corrected chi connectivity index (χ2v) is 5.85. The van der Waals surface area contributed by atoms with E-state index in [0.717, 1.165) is 18.5 Å². The standard InChI is InChI=1S/C11H7ClFN3O4S/c12-9-4-10(15-5-14-9)16-21(19,20)6-1-2-8(13)7(3-6)11(17)18/h1-5H,(H,17,18)(H,14,15,16). The molecule has 2 N–H and O–H groups in total. The molecule has 0 aliphatic carbocycles. The van der Waals surface area contributed by atoms with Crippen LogP contribution in [-0.2, 0) is 10.0 Å². The third-order valence-corrected chi connectivity index (χ3v) is 3.91. The van der Waals surface area contributed by atoms with Gasteiger partial charge in [-0.25, -0.2) is 27.6 Å². The van der Waals surface area contributed by atoms with E-state index in [9.17, 15) is 17.6 Å². The van der Waals surface area contributed by atoms with E-state index in [-0.39, 0.29) is 11.0 Å². The number of aromatic carboxylic acids is 1. The SMILES string of the molecule is O=C(O)c1cc(S(=O)(=O)Nc2cc(Cl)ncn2)ccc1F. The average molecular weight is 332 g/mol. The highest BCUT2D eigenvalue weighted by atomic mass is 35.5. The number of carboxylic acids is 1. The normalized spacial score (nSPS) is 11.1. The number of hydrogen-bond acceptors (Lipinski definition) is 5. The van der Waals surface area contributed by atoms with Crippen LogP contribution in [0, 0.1) is 5.82 Å². The molecular weight excluding hydrogens is 325 g/mol. The van der Waals surface area contributed by atoms with Crippen LogP contribution in [0.1, 0.15) is 10.4 Å². The maximum absolute atomic E-state index is 13.3. The highest BCUT2D eigenvalue weighted by Gasteiger charge is 2.19. The molecule has 0 saturated heterocycles. The Labute approximate surface area is 123 Å². The third-order valence-electron chi connectivity index (χ3n) is 2.35. The van der Waals surface area contributed by atoms with Gasteiger partial charge in [-0.05, 0) is 18.2 Å². The Hall–Kier alpha value is -2.26. The third kappa shape index (κ3) is 3.44. The minimum absolute atomic E-state index is 0.0213. The van der Waals surface area contributed by atoms with Crippen LogP contribution in [0.3, 0.4) is 0 Å². The van der Waals surface area contributed by atoms with Gasteiger partial charge in [0, 0.05) is 6.07 Å². The molecule has 10 heteroatoms. The quantitative estimate of drug-likeness (QED) is 0.826. The number of aromatic nitrogens is 2. The number of hydrogen-bond donors (Lipinski definition) is 2. The van der Waals surface area contributed by atoms with Crippen molar-refractivity contribution in [3.05, 3.63) is 47.1 Å². The van der Waals surface area contributed by atoms with E-state index in [1.54, 1.807) is 0 Å². The van der Waals surface area contributed by atoms with Gasteiger partial charge in [-0.2, -0.15) is 0 Å². The first kappa shape index (κ1) is 15.1. The molecule has 0 spiro atoms. The Kier molecular flexibility index (Phi) is 4.05. The molecule has 0 fully saturated rings. The minimum atomic E-state index is -4.13. The molecule has 0 aliphatic heterocycles. The first-order valence-corrected chi connectivity index (χ1v) is 7.19. The fourth-order valence-corrected chi connectivity index (χ4v) is 2.59. The zero-order valence-corrected chi connectivity index (χ0v) is 11.7. The van der Waals surface area contributed by atoms with Crippen LogP contribution < -0.4 is 4.72 Å². The van der Waals surface area contributed by atoms with Crippen molar-refractivity contribution < 1.29 is 22.7 Å². The zero-order valence-electron chi connectivity index (χ0n) is 10.1. The van der Waals surface area contributed by atoms with Crippen molar-refractivity contribution in [2.75, 3.05) is 4.72 Å². The van der Waals surface area contributed by atoms with Crippen molar-refractivity contribution in [1.29, 1.82) is 0 Å². The van der Waals surface area contributed by atoms with Gasteiger partial charge in [-0.3, -0.25) is 4.72 Å². The van der Waals surface area contributed by atoms with Crippen LogP contribution in [0.15, 0.2) is 35.5 Å². The molecule has 2 rings (SSSR count). The number of carbonyl (C=O) groups is 1. The Morgan fingerprint density at radius 1 is 1.29 bits per heavy atom. The number of sulfonamides is 1. The number of halogens is 2. The highest BCUT2D eigenvalue weighted by Crippen LogP contribution is 2.19. The summed E-state index contributed by atoms with van der Waals surface area (Å²) in [6.45, 7) is 0. The lowest BCUT2D eigenvalue weighted by Crippen LogP contribution is -2.15. The molecule has 110 valence electrons. The van der Waals surface area contributed by atoms with Gasteiger partial charge in [0.2, 0.25) is 0 Å². The molecule has 21 heavy (non-hydrogen) atoms. The number of nitrogens with zero attached hydrogens (tertiary/aromatic N) is 2. The predicted molar refractivity (Wildman–Crippen MR) is 71.2 cm³/mol. The Morgan fingerprint density at radius 2 is 2.00 bits per heavy atom. The van der Waals surface area contributed by atoms with Crippen LogP contribution in [0.2, 0.25) is 5.15 Å². The lowest BCUT2D eigenvalue weighted by Gasteiger charge is -2.08. The molecule has 0 unspecified atom stereocenters. The lowest BCUT2D eigenvalue weighted by atomic mass is 10.2. The van der Waals surface area contributed by atoms with Gasteiger partial charge in [0.15, 0.2) is 0 Å². The zero-order chi connectivity index (χ0) is 15.6. The molecule has 1 aromatic heterocycles. The summed E-state index contributed by atoms with van der Waals surface area (Å²) in [6, 6.07) is 3.57. The summed E-state index contributed by atoms with van der Waals surface area (Å²) in [5.74, 6) is -2.71. The van der Waals surface area contributed by atoms with Gasteiger partial charge in [0.1, 0.15) is 23.1 Å². The van der Waals surface area contributed by atoms with Gasteiger partial charge >= 0.3 is 5.97 Å². The van der Waals surface area contributed by atoms with E-state index in [2.05, 4.69) is 14.7 Å². The summed E-state index contributed by atoms with van der Waals surface area (Å²) in [5.41, 5.74) is -0.751. The monoisotopic (exact) mass is 331 g/mol. The molecule has 1 aromatic carbocycles. The fraction of sp³-hybridized carbons (Fsp3) is 0. The van der Waals surface area contributed by atoms with E-state index in [1.807, 2.05) is 0 Å². The van der Waals surface area contributed by atoms with Crippen molar-refractivity contribution in [2.45, 2.75) is 4.90 Å². The van der Waals surface area contributed by atoms with Crippen LogP contribution in [0.25, 0.3) is 0 Å².